The first-order valence-electron chi connectivity index (χ1n) is 5.71. The minimum absolute atomic E-state index is 0.0870. The lowest BCUT2D eigenvalue weighted by atomic mass is 10.6. The fourth-order valence-corrected chi connectivity index (χ4v) is 0.886. The van der Waals surface area contributed by atoms with Crippen molar-refractivity contribution < 1.29 is 29.2 Å². The molecule has 0 radical (unpaired) electrons. The molecule has 6 heteroatoms. The molecule has 0 bridgehead atoms. The number of rotatable bonds is 9. The molecule has 0 aromatic carbocycles. The molecular formula is C11H26O6. The second-order valence-corrected chi connectivity index (χ2v) is 3.09. The van der Waals surface area contributed by atoms with E-state index in [9.17, 15) is 0 Å². The van der Waals surface area contributed by atoms with Crippen molar-refractivity contribution in [2.75, 3.05) is 46.8 Å². The second kappa shape index (κ2) is 13.8. The molecule has 6 nitrogen and oxygen atoms in total. The Morgan fingerprint density at radius 3 is 1.88 bits per heavy atom. The first-order valence-corrected chi connectivity index (χ1v) is 5.71. The zero-order chi connectivity index (χ0) is 13.6. The van der Waals surface area contributed by atoms with Crippen LogP contribution in [-0.2, 0) is 18.9 Å². The van der Waals surface area contributed by atoms with E-state index in [-0.39, 0.29) is 6.61 Å². The minimum Gasteiger partial charge on any atom is -0.394 e. The van der Waals surface area contributed by atoms with Gasteiger partial charge in [0.1, 0.15) is 0 Å². The Morgan fingerprint density at radius 2 is 1.53 bits per heavy atom. The number of methoxy groups -OCH3 is 1. The van der Waals surface area contributed by atoms with Gasteiger partial charge in [-0.2, -0.15) is 0 Å². The zero-order valence-electron chi connectivity index (χ0n) is 11.3. The van der Waals surface area contributed by atoms with Gasteiger partial charge in [-0.15, -0.1) is 0 Å². The van der Waals surface area contributed by atoms with Gasteiger partial charge in [0.05, 0.1) is 26.4 Å². The van der Waals surface area contributed by atoms with Crippen molar-refractivity contribution in [3.8, 4) is 0 Å². The summed E-state index contributed by atoms with van der Waals surface area (Å²) in [6.45, 7) is 7.63. The average Bonchev–Trinajstić information content (AvgIpc) is 2.25. The molecule has 106 valence electrons. The van der Waals surface area contributed by atoms with Gasteiger partial charge >= 0.3 is 0 Å². The average molecular weight is 254 g/mol. The lowest BCUT2D eigenvalue weighted by Gasteiger charge is -2.21. The van der Waals surface area contributed by atoms with E-state index < -0.39 is 5.97 Å². The van der Waals surface area contributed by atoms with Crippen LogP contribution in [0.25, 0.3) is 0 Å². The number of aliphatic hydroxyl groups excluding tert-OH is 1. The number of aliphatic hydroxyl groups is 2. The van der Waals surface area contributed by atoms with Crippen molar-refractivity contribution in [3.05, 3.63) is 0 Å². The van der Waals surface area contributed by atoms with Crippen LogP contribution in [0.1, 0.15) is 20.8 Å². The smallest absolute Gasteiger partial charge is 0.277 e. The van der Waals surface area contributed by atoms with Crippen molar-refractivity contribution >= 4 is 0 Å². The number of hydrogen-bond donors (Lipinski definition) is 2. The third-order valence-corrected chi connectivity index (χ3v) is 1.49. The molecule has 0 aromatic heterocycles. The molecule has 0 saturated heterocycles. The molecule has 0 saturated carbocycles. The van der Waals surface area contributed by atoms with Crippen LogP contribution in [0.5, 0.6) is 0 Å². The predicted molar refractivity (Wildman–Crippen MR) is 63.7 cm³/mol. The van der Waals surface area contributed by atoms with Crippen LogP contribution in [0.2, 0.25) is 0 Å². The molecule has 0 unspecified atom stereocenters. The van der Waals surface area contributed by atoms with Crippen LogP contribution in [0.15, 0.2) is 0 Å². The van der Waals surface area contributed by atoms with Gasteiger partial charge in [0, 0.05) is 27.2 Å². The zero-order valence-corrected chi connectivity index (χ0v) is 11.3. The third-order valence-electron chi connectivity index (χ3n) is 1.49. The van der Waals surface area contributed by atoms with Gasteiger partial charge in [-0.3, -0.25) is 0 Å². The van der Waals surface area contributed by atoms with Crippen molar-refractivity contribution in [1.29, 1.82) is 0 Å². The largest absolute Gasteiger partial charge is 0.394 e. The maximum absolute atomic E-state index is 9.07. The van der Waals surface area contributed by atoms with E-state index in [1.54, 1.807) is 21.0 Å². The molecule has 0 rings (SSSR count). The van der Waals surface area contributed by atoms with E-state index in [0.29, 0.717) is 33.0 Å². The Kier molecular flexibility index (Phi) is 15.5. The van der Waals surface area contributed by atoms with Gasteiger partial charge in [0.25, 0.3) is 5.97 Å². The summed E-state index contributed by atoms with van der Waals surface area (Å²) < 4.78 is 19.1. The topological polar surface area (TPSA) is 77.4 Å². The number of ether oxygens (including phenoxy) is 4. The van der Waals surface area contributed by atoms with Gasteiger partial charge in [-0.25, -0.2) is 0 Å². The lowest BCUT2D eigenvalue weighted by molar-refractivity contribution is -0.345. The fraction of sp³-hybridized carbons (Fsp3) is 1.00. The van der Waals surface area contributed by atoms with Gasteiger partial charge in [-0.05, 0) is 13.8 Å². The maximum atomic E-state index is 9.07. The van der Waals surface area contributed by atoms with Crippen molar-refractivity contribution in [1.82, 2.24) is 0 Å². The molecule has 0 fully saturated rings. The third kappa shape index (κ3) is 18.3. The predicted octanol–water partition coefficient (Wildman–Crippen LogP) is 0.367. The first-order chi connectivity index (χ1) is 8.04. The van der Waals surface area contributed by atoms with E-state index in [2.05, 4.69) is 4.74 Å². The minimum atomic E-state index is -1.40. The molecule has 2 N–H and O–H groups in total. The highest BCUT2D eigenvalue weighted by Crippen LogP contribution is 2.05. The molecule has 0 atom stereocenters. The van der Waals surface area contributed by atoms with E-state index in [1.807, 2.05) is 0 Å². The Bertz CT molecular complexity index is 126. The monoisotopic (exact) mass is 254 g/mol. The van der Waals surface area contributed by atoms with Gasteiger partial charge < -0.3 is 29.2 Å². The van der Waals surface area contributed by atoms with Crippen LogP contribution >= 0.6 is 0 Å². The van der Waals surface area contributed by atoms with E-state index in [1.165, 1.54) is 6.92 Å². The molecule has 0 spiro atoms. The van der Waals surface area contributed by atoms with E-state index >= 15 is 0 Å². The summed E-state index contributed by atoms with van der Waals surface area (Å²) in [7, 11) is 1.61. The van der Waals surface area contributed by atoms with Crippen LogP contribution < -0.4 is 0 Å². The summed E-state index contributed by atoms with van der Waals surface area (Å²) in [4.78, 5) is 0. The van der Waals surface area contributed by atoms with Gasteiger partial charge in [0.15, 0.2) is 0 Å². The Hall–Kier alpha value is -0.240. The molecule has 0 aliphatic carbocycles. The highest BCUT2D eigenvalue weighted by atomic mass is 16.8. The molecule has 0 amide bonds. The molecule has 0 aliphatic heterocycles. The summed E-state index contributed by atoms with van der Waals surface area (Å²) in [5.74, 6) is -1.40. The number of hydrogen-bond acceptors (Lipinski definition) is 6. The maximum Gasteiger partial charge on any atom is 0.277 e. The SMILES string of the molecule is CCOC(C)(O)OCC.COCCOCCO. The normalized spacial score (nSPS) is 10.9. The molecule has 17 heavy (non-hydrogen) atoms. The van der Waals surface area contributed by atoms with Crippen LogP contribution in [0.3, 0.4) is 0 Å². The highest BCUT2D eigenvalue weighted by Gasteiger charge is 2.18. The summed E-state index contributed by atoms with van der Waals surface area (Å²) in [5.41, 5.74) is 0. The van der Waals surface area contributed by atoms with Gasteiger partial charge in [-0.1, -0.05) is 0 Å². The van der Waals surface area contributed by atoms with Crippen LogP contribution in [0.4, 0.5) is 0 Å². The van der Waals surface area contributed by atoms with Gasteiger partial charge in [0.2, 0.25) is 0 Å². The summed E-state index contributed by atoms with van der Waals surface area (Å²) in [6, 6.07) is 0. The van der Waals surface area contributed by atoms with E-state index in [0.717, 1.165) is 0 Å². The second-order valence-electron chi connectivity index (χ2n) is 3.09. The standard InChI is InChI=1S/C6H14O3.C5H12O3/c1-4-8-6(3,7)9-5-2;1-7-4-5-8-3-2-6/h7H,4-5H2,1-3H3;6H,2-5H2,1H3. The highest BCUT2D eigenvalue weighted by molar-refractivity contribution is 4.39. The molecular weight excluding hydrogens is 228 g/mol. The van der Waals surface area contributed by atoms with Crippen molar-refractivity contribution in [2.45, 2.75) is 26.7 Å². The van der Waals surface area contributed by atoms with Crippen molar-refractivity contribution in [3.63, 3.8) is 0 Å². The first kappa shape index (κ1) is 19.1. The molecule has 0 aromatic rings. The lowest BCUT2D eigenvalue weighted by Crippen LogP contribution is -2.31. The molecule has 0 heterocycles. The fourth-order valence-electron chi connectivity index (χ4n) is 0.886. The van der Waals surface area contributed by atoms with Crippen LogP contribution in [0, 0.1) is 0 Å². The van der Waals surface area contributed by atoms with Crippen molar-refractivity contribution in [2.24, 2.45) is 0 Å². The summed E-state index contributed by atoms with van der Waals surface area (Å²) >= 11 is 0. The quantitative estimate of drug-likeness (QED) is 0.457. The molecule has 0 aliphatic rings. The van der Waals surface area contributed by atoms with Crippen LogP contribution in [-0.4, -0.2) is 62.9 Å². The summed E-state index contributed by atoms with van der Waals surface area (Å²) in [5, 5.41) is 17.3. The Morgan fingerprint density at radius 1 is 1.00 bits per heavy atom. The Labute approximate surface area is 103 Å². The van der Waals surface area contributed by atoms with E-state index in [4.69, 9.17) is 24.4 Å². The Balaban J connectivity index is 0. The summed E-state index contributed by atoms with van der Waals surface area (Å²) in [6.07, 6.45) is 0.